The van der Waals surface area contributed by atoms with Gasteiger partial charge in [-0.3, -0.25) is 0 Å². The Bertz CT molecular complexity index is 228. The van der Waals surface area contributed by atoms with Gasteiger partial charge < -0.3 is 0 Å². The van der Waals surface area contributed by atoms with Crippen LogP contribution in [0.1, 0.15) is 137 Å². The monoisotopic (exact) mass is 324 g/mol. The zero-order chi connectivity index (χ0) is 17.4. The molecule has 0 fully saturated rings. The van der Waals surface area contributed by atoms with Gasteiger partial charge in [-0.1, -0.05) is 125 Å². The minimum absolute atomic E-state index is 0.581. The number of hydrogen-bond acceptors (Lipinski definition) is 0. The van der Waals surface area contributed by atoms with Crippen LogP contribution in [0.3, 0.4) is 0 Å². The Kier molecular flexibility index (Phi) is 15.5. The summed E-state index contributed by atoms with van der Waals surface area (Å²) in [6.45, 7) is 12.0. The van der Waals surface area contributed by atoms with Crippen LogP contribution in [0, 0.1) is 11.3 Å². The van der Waals surface area contributed by atoms with Gasteiger partial charge in [0.05, 0.1) is 0 Å². The van der Waals surface area contributed by atoms with Gasteiger partial charge in [-0.2, -0.15) is 0 Å². The standard InChI is InChI=1S/C23H48/c1-6-8-9-10-11-12-13-16-20-23(4,5)21-17-14-15-19-22(3)18-7-2/h22H,6-21H2,1-5H3. The van der Waals surface area contributed by atoms with Crippen molar-refractivity contribution in [2.45, 2.75) is 137 Å². The highest BCUT2D eigenvalue weighted by atomic mass is 14.2. The van der Waals surface area contributed by atoms with Gasteiger partial charge in [-0.25, -0.2) is 0 Å². The fourth-order valence-electron chi connectivity index (χ4n) is 3.77. The molecule has 1 unspecified atom stereocenters. The van der Waals surface area contributed by atoms with Gasteiger partial charge in [0.25, 0.3) is 0 Å². The second-order valence-electron chi connectivity index (χ2n) is 8.88. The number of rotatable bonds is 17. The van der Waals surface area contributed by atoms with Crippen LogP contribution < -0.4 is 0 Å². The van der Waals surface area contributed by atoms with Gasteiger partial charge in [0, 0.05) is 0 Å². The van der Waals surface area contributed by atoms with E-state index < -0.39 is 0 Å². The van der Waals surface area contributed by atoms with Crippen LogP contribution in [0.15, 0.2) is 0 Å². The lowest BCUT2D eigenvalue weighted by atomic mass is 9.81. The SMILES string of the molecule is CCCCCCCCCCC(C)(C)CCCCCC(C)CCC. The Balaban J connectivity index is 3.43. The lowest BCUT2D eigenvalue weighted by Gasteiger charge is -2.24. The van der Waals surface area contributed by atoms with Crippen LogP contribution in [0.2, 0.25) is 0 Å². The highest BCUT2D eigenvalue weighted by molar-refractivity contribution is 4.69. The molecule has 0 rings (SSSR count). The summed E-state index contributed by atoms with van der Waals surface area (Å²) in [5.74, 6) is 0.949. The van der Waals surface area contributed by atoms with Gasteiger partial charge in [-0.05, 0) is 24.2 Å². The van der Waals surface area contributed by atoms with Crippen LogP contribution in [0.4, 0.5) is 0 Å². The van der Waals surface area contributed by atoms with E-state index in [2.05, 4.69) is 34.6 Å². The molecule has 0 amide bonds. The molecule has 0 radical (unpaired) electrons. The Labute approximate surface area is 149 Å². The van der Waals surface area contributed by atoms with Crippen LogP contribution in [-0.2, 0) is 0 Å². The van der Waals surface area contributed by atoms with E-state index in [4.69, 9.17) is 0 Å². The molecule has 0 aromatic heterocycles. The molecule has 0 saturated carbocycles. The van der Waals surface area contributed by atoms with Crippen molar-refractivity contribution in [1.82, 2.24) is 0 Å². The maximum Gasteiger partial charge on any atom is -0.0354 e. The van der Waals surface area contributed by atoms with Crippen molar-refractivity contribution in [3.8, 4) is 0 Å². The lowest BCUT2D eigenvalue weighted by Crippen LogP contribution is -2.11. The smallest absolute Gasteiger partial charge is 0.0354 e. The van der Waals surface area contributed by atoms with Crippen molar-refractivity contribution >= 4 is 0 Å². The zero-order valence-electron chi connectivity index (χ0n) is 17.4. The van der Waals surface area contributed by atoms with Gasteiger partial charge in [0.15, 0.2) is 0 Å². The molecule has 0 aliphatic rings. The summed E-state index contributed by atoms with van der Waals surface area (Å²) in [6.07, 6.45) is 23.0. The lowest BCUT2D eigenvalue weighted by molar-refractivity contribution is 0.280. The molecule has 0 aliphatic carbocycles. The van der Waals surface area contributed by atoms with E-state index in [0.717, 1.165) is 5.92 Å². The molecule has 0 saturated heterocycles. The zero-order valence-corrected chi connectivity index (χ0v) is 17.4. The minimum atomic E-state index is 0.581. The maximum atomic E-state index is 2.49. The van der Waals surface area contributed by atoms with Crippen molar-refractivity contribution in [1.29, 1.82) is 0 Å². The second-order valence-corrected chi connectivity index (χ2v) is 8.88. The highest BCUT2D eigenvalue weighted by Gasteiger charge is 2.16. The van der Waals surface area contributed by atoms with E-state index in [-0.39, 0.29) is 0 Å². The Morgan fingerprint density at radius 2 is 1.04 bits per heavy atom. The molecular weight excluding hydrogens is 276 g/mol. The van der Waals surface area contributed by atoms with Crippen molar-refractivity contribution in [3.63, 3.8) is 0 Å². The molecule has 0 aromatic carbocycles. The molecule has 0 heteroatoms. The average Bonchev–Trinajstić information content (AvgIpc) is 2.50. The van der Waals surface area contributed by atoms with Crippen molar-refractivity contribution < 1.29 is 0 Å². The molecule has 0 nitrogen and oxygen atoms in total. The summed E-state index contributed by atoms with van der Waals surface area (Å²) in [7, 11) is 0. The fraction of sp³-hybridized carbons (Fsp3) is 1.00. The third kappa shape index (κ3) is 16.6. The summed E-state index contributed by atoms with van der Waals surface area (Å²) < 4.78 is 0. The van der Waals surface area contributed by atoms with E-state index in [9.17, 15) is 0 Å². The largest absolute Gasteiger partial charge is 0.0654 e. The first kappa shape index (κ1) is 23.0. The average molecular weight is 325 g/mol. The van der Waals surface area contributed by atoms with E-state index in [0.29, 0.717) is 5.41 Å². The Hall–Kier alpha value is 0. The fourth-order valence-corrected chi connectivity index (χ4v) is 3.77. The topological polar surface area (TPSA) is 0 Å². The van der Waals surface area contributed by atoms with Crippen LogP contribution in [0.5, 0.6) is 0 Å². The van der Waals surface area contributed by atoms with Crippen molar-refractivity contribution in [3.05, 3.63) is 0 Å². The molecule has 0 spiro atoms. The first-order valence-corrected chi connectivity index (χ1v) is 11.0. The highest BCUT2D eigenvalue weighted by Crippen LogP contribution is 2.30. The Morgan fingerprint density at radius 3 is 1.57 bits per heavy atom. The normalized spacial score (nSPS) is 13.4. The van der Waals surface area contributed by atoms with Gasteiger partial charge in [-0.15, -0.1) is 0 Å². The summed E-state index contributed by atoms with van der Waals surface area (Å²) in [5, 5.41) is 0. The van der Waals surface area contributed by atoms with Crippen molar-refractivity contribution in [2.75, 3.05) is 0 Å². The second kappa shape index (κ2) is 15.5. The van der Waals surface area contributed by atoms with E-state index in [1.807, 2.05) is 0 Å². The maximum absolute atomic E-state index is 2.49. The summed E-state index contributed by atoms with van der Waals surface area (Å²) in [6, 6.07) is 0. The predicted molar refractivity (Wildman–Crippen MR) is 108 cm³/mol. The molecule has 1 atom stereocenters. The third-order valence-corrected chi connectivity index (χ3v) is 5.54. The molecule has 0 heterocycles. The van der Waals surface area contributed by atoms with E-state index in [1.54, 1.807) is 0 Å². The Morgan fingerprint density at radius 1 is 0.565 bits per heavy atom. The van der Waals surface area contributed by atoms with Crippen LogP contribution in [-0.4, -0.2) is 0 Å². The van der Waals surface area contributed by atoms with E-state index >= 15 is 0 Å². The molecular formula is C23H48. The molecule has 23 heavy (non-hydrogen) atoms. The third-order valence-electron chi connectivity index (χ3n) is 5.54. The van der Waals surface area contributed by atoms with Crippen molar-refractivity contribution in [2.24, 2.45) is 11.3 Å². The van der Waals surface area contributed by atoms with Gasteiger partial charge >= 0.3 is 0 Å². The summed E-state index contributed by atoms with van der Waals surface area (Å²) in [4.78, 5) is 0. The quantitative estimate of drug-likeness (QED) is 0.234. The molecule has 140 valence electrons. The summed E-state index contributed by atoms with van der Waals surface area (Å²) >= 11 is 0. The van der Waals surface area contributed by atoms with Gasteiger partial charge in [0.2, 0.25) is 0 Å². The van der Waals surface area contributed by atoms with Gasteiger partial charge in [0.1, 0.15) is 0 Å². The number of unbranched alkanes of at least 4 members (excludes halogenated alkanes) is 9. The summed E-state index contributed by atoms with van der Waals surface area (Å²) in [5.41, 5.74) is 0.581. The predicted octanol–water partition coefficient (Wildman–Crippen LogP) is 8.93. The molecule has 0 aliphatic heterocycles. The molecule has 0 aromatic rings. The van der Waals surface area contributed by atoms with E-state index in [1.165, 1.54) is 103 Å². The first-order valence-electron chi connectivity index (χ1n) is 11.0. The first-order chi connectivity index (χ1) is 11.0. The molecule has 0 bridgehead atoms. The molecule has 0 N–H and O–H groups in total. The van der Waals surface area contributed by atoms with Crippen LogP contribution in [0.25, 0.3) is 0 Å². The minimum Gasteiger partial charge on any atom is -0.0654 e. The number of hydrogen-bond donors (Lipinski definition) is 0. The van der Waals surface area contributed by atoms with Crippen LogP contribution >= 0.6 is 0 Å².